The summed E-state index contributed by atoms with van der Waals surface area (Å²) < 4.78 is 4.94. The van der Waals surface area contributed by atoms with Crippen molar-refractivity contribution in [1.29, 1.82) is 0 Å². The van der Waals surface area contributed by atoms with E-state index >= 15 is 0 Å². The maximum absolute atomic E-state index is 11.9. The lowest BCUT2D eigenvalue weighted by Crippen LogP contribution is -2.36. The van der Waals surface area contributed by atoms with Crippen LogP contribution >= 0.6 is 11.8 Å². The van der Waals surface area contributed by atoms with Gasteiger partial charge in [0.05, 0.1) is 12.7 Å². The van der Waals surface area contributed by atoms with Gasteiger partial charge < -0.3 is 15.2 Å². The molecule has 1 rings (SSSR count). The van der Waals surface area contributed by atoms with Gasteiger partial charge >= 0.3 is 0 Å². The Morgan fingerprint density at radius 1 is 1.50 bits per heavy atom. The Morgan fingerprint density at radius 2 is 2.17 bits per heavy atom. The number of phenols is 1. The van der Waals surface area contributed by atoms with E-state index in [9.17, 15) is 9.90 Å². The van der Waals surface area contributed by atoms with Crippen LogP contribution in [0.15, 0.2) is 18.2 Å². The van der Waals surface area contributed by atoms with Gasteiger partial charge in [-0.2, -0.15) is 11.8 Å². The maximum atomic E-state index is 11.9. The highest BCUT2D eigenvalue weighted by atomic mass is 32.2. The number of nitrogens with one attached hydrogen (secondary N) is 1. The number of phenolic OH excluding ortho intramolecular Hbond substituents is 1. The van der Waals surface area contributed by atoms with E-state index in [-0.39, 0.29) is 22.0 Å². The van der Waals surface area contributed by atoms with Crippen molar-refractivity contribution >= 4 is 17.7 Å². The molecule has 0 atom stereocenters. The first-order chi connectivity index (χ1) is 8.39. The van der Waals surface area contributed by atoms with Gasteiger partial charge in [0, 0.05) is 17.4 Å². The molecule has 0 fully saturated rings. The summed E-state index contributed by atoms with van der Waals surface area (Å²) in [6.07, 6.45) is 2.00. The lowest BCUT2D eigenvalue weighted by molar-refractivity contribution is 0.0948. The molecule has 100 valence electrons. The predicted octanol–water partition coefficient (Wildman–Crippen LogP) is 2.27. The number of methoxy groups -OCH3 is 1. The van der Waals surface area contributed by atoms with Gasteiger partial charge in [0.2, 0.25) is 0 Å². The number of carbonyl (C=O) groups is 1. The van der Waals surface area contributed by atoms with Gasteiger partial charge in [-0.1, -0.05) is 0 Å². The number of carbonyl (C=O) groups excluding carboxylic acids is 1. The molecule has 0 bridgehead atoms. The van der Waals surface area contributed by atoms with Gasteiger partial charge in [-0.05, 0) is 32.2 Å². The lowest BCUT2D eigenvalue weighted by Gasteiger charge is -2.22. The molecule has 0 radical (unpaired) electrons. The number of hydrogen-bond acceptors (Lipinski definition) is 4. The SMILES string of the molecule is COc1ccc(C(=O)NCC(C)(C)SC)c(O)c1. The normalized spacial score (nSPS) is 11.1. The third kappa shape index (κ3) is 3.84. The van der Waals surface area contributed by atoms with Crippen molar-refractivity contribution in [3.8, 4) is 11.5 Å². The third-order valence-electron chi connectivity index (χ3n) is 2.68. The number of rotatable bonds is 5. The molecule has 0 aliphatic rings. The molecule has 5 heteroatoms. The number of aromatic hydroxyl groups is 1. The second kappa shape index (κ2) is 6.00. The molecule has 0 aliphatic heterocycles. The van der Waals surface area contributed by atoms with Gasteiger partial charge in [0.15, 0.2) is 0 Å². The first kappa shape index (κ1) is 14.7. The van der Waals surface area contributed by atoms with Crippen molar-refractivity contribution in [2.24, 2.45) is 0 Å². The fourth-order valence-electron chi connectivity index (χ4n) is 1.29. The Kier molecular flexibility index (Phi) is 4.90. The van der Waals surface area contributed by atoms with Crippen LogP contribution < -0.4 is 10.1 Å². The summed E-state index contributed by atoms with van der Waals surface area (Å²) in [5, 5.41) is 12.5. The van der Waals surface area contributed by atoms with E-state index in [4.69, 9.17) is 4.74 Å². The van der Waals surface area contributed by atoms with Crippen molar-refractivity contribution in [3.63, 3.8) is 0 Å². The molecule has 0 saturated heterocycles. The van der Waals surface area contributed by atoms with Crippen molar-refractivity contribution in [2.75, 3.05) is 19.9 Å². The van der Waals surface area contributed by atoms with Crippen LogP contribution in [0.5, 0.6) is 11.5 Å². The molecule has 18 heavy (non-hydrogen) atoms. The van der Waals surface area contributed by atoms with E-state index in [1.165, 1.54) is 13.2 Å². The van der Waals surface area contributed by atoms with E-state index in [0.717, 1.165) is 0 Å². The fraction of sp³-hybridized carbons (Fsp3) is 0.462. The maximum Gasteiger partial charge on any atom is 0.255 e. The van der Waals surface area contributed by atoms with E-state index in [0.29, 0.717) is 12.3 Å². The van der Waals surface area contributed by atoms with E-state index < -0.39 is 0 Å². The van der Waals surface area contributed by atoms with Gasteiger partial charge in [0.25, 0.3) is 5.91 Å². The monoisotopic (exact) mass is 269 g/mol. The van der Waals surface area contributed by atoms with Gasteiger partial charge in [-0.3, -0.25) is 4.79 Å². The first-order valence-electron chi connectivity index (χ1n) is 5.60. The fourth-order valence-corrected chi connectivity index (χ4v) is 1.51. The zero-order valence-electron chi connectivity index (χ0n) is 11.1. The number of amides is 1. The van der Waals surface area contributed by atoms with Crippen molar-refractivity contribution in [3.05, 3.63) is 23.8 Å². The van der Waals surface area contributed by atoms with Gasteiger partial charge in [-0.15, -0.1) is 0 Å². The third-order valence-corrected chi connectivity index (χ3v) is 3.93. The highest BCUT2D eigenvalue weighted by molar-refractivity contribution is 7.99. The van der Waals surface area contributed by atoms with Crippen molar-refractivity contribution in [2.45, 2.75) is 18.6 Å². The van der Waals surface area contributed by atoms with Crippen LogP contribution in [0.25, 0.3) is 0 Å². The first-order valence-corrected chi connectivity index (χ1v) is 6.82. The molecule has 2 N–H and O–H groups in total. The minimum absolute atomic E-state index is 0.0300. The summed E-state index contributed by atoms with van der Waals surface area (Å²) in [4.78, 5) is 11.9. The highest BCUT2D eigenvalue weighted by Crippen LogP contribution is 2.24. The summed E-state index contributed by atoms with van der Waals surface area (Å²) >= 11 is 1.68. The Balaban J connectivity index is 2.73. The standard InChI is InChI=1S/C13H19NO3S/c1-13(2,18-4)8-14-12(16)10-6-5-9(17-3)7-11(10)15/h5-7,15H,8H2,1-4H3,(H,14,16). The van der Waals surface area contributed by atoms with Crippen molar-refractivity contribution < 1.29 is 14.6 Å². The quantitative estimate of drug-likeness (QED) is 0.861. The summed E-state index contributed by atoms with van der Waals surface area (Å²) in [5.74, 6) is 0.166. The Bertz CT molecular complexity index is 432. The summed E-state index contributed by atoms with van der Waals surface area (Å²) in [7, 11) is 1.51. The minimum Gasteiger partial charge on any atom is -0.507 e. The average molecular weight is 269 g/mol. The summed E-state index contributed by atoms with van der Waals surface area (Å²) in [6.45, 7) is 4.64. The summed E-state index contributed by atoms with van der Waals surface area (Å²) in [5.41, 5.74) is 0.257. The van der Waals surface area contributed by atoms with Crippen LogP contribution in [0.1, 0.15) is 24.2 Å². The molecule has 0 spiro atoms. The topological polar surface area (TPSA) is 58.6 Å². The largest absolute Gasteiger partial charge is 0.507 e. The average Bonchev–Trinajstić information content (AvgIpc) is 2.36. The van der Waals surface area contributed by atoms with Crippen LogP contribution in [-0.2, 0) is 0 Å². The highest BCUT2D eigenvalue weighted by Gasteiger charge is 2.19. The molecule has 0 heterocycles. The summed E-state index contributed by atoms with van der Waals surface area (Å²) in [6, 6.07) is 4.62. The van der Waals surface area contributed by atoms with E-state index in [2.05, 4.69) is 5.32 Å². The molecule has 0 unspecified atom stereocenters. The van der Waals surface area contributed by atoms with Crippen molar-refractivity contribution in [1.82, 2.24) is 5.32 Å². The van der Waals surface area contributed by atoms with Crippen LogP contribution in [0.2, 0.25) is 0 Å². The molecular weight excluding hydrogens is 250 g/mol. The molecule has 0 saturated carbocycles. The molecular formula is C13H19NO3S. The zero-order chi connectivity index (χ0) is 13.8. The van der Waals surface area contributed by atoms with Gasteiger partial charge in [0.1, 0.15) is 11.5 Å². The molecule has 0 aliphatic carbocycles. The van der Waals surface area contributed by atoms with E-state index in [1.54, 1.807) is 23.9 Å². The van der Waals surface area contributed by atoms with Crippen LogP contribution in [0.3, 0.4) is 0 Å². The molecule has 1 amide bonds. The number of hydrogen-bond donors (Lipinski definition) is 2. The van der Waals surface area contributed by atoms with E-state index in [1.807, 2.05) is 20.1 Å². The Hall–Kier alpha value is -1.36. The molecule has 4 nitrogen and oxygen atoms in total. The Labute approximate surface area is 112 Å². The minimum atomic E-state index is -0.280. The smallest absolute Gasteiger partial charge is 0.255 e. The number of thioether (sulfide) groups is 1. The second-order valence-corrected chi connectivity index (χ2v) is 6.04. The molecule has 1 aromatic carbocycles. The second-order valence-electron chi connectivity index (χ2n) is 4.53. The van der Waals surface area contributed by atoms with Gasteiger partial charge in [-0.25, -0.2) is 0 Å². The lowest BCUT2D eigenvalue weighted by atomic mass is 10.1. The number of ether oxygens (including phenoxy) is 1. The Morgan fingerprint density at radius 3 is 2.67 bits per heavy atom. The molecule has 1 aromatic rings. The number of benzene rings is 1. The molecule has 0 aromatic heterocycles. The predicted molar refractivity (Wildman–Crippen MR) is 74.6 cm³/mol. The van der Waals surface area contributed by atoms with Crippen LogP contribution in [0, 0.1) is 0 Å². The van der Waals surface area contributed by atoms with Crippen LogP contribution in [-0.4, -0.2) is 35.7 Å². The zero-order valence-corrected chi connectivity index (χ0v) is 11.9. The van der Waals surface area contributed by atoms with Crippen LogP contribution in [0.4, 0.5) is 0 Å².